The van der Waals surface area contributed by atoms with Crippen LogP contribution in [0.5, 0.6) is 0 Å². The minimum Gasteiger partial charge on any atom is -0.363 e. The molecule has 1 aromatic carbocycles. The molecule has 0 radical (unpaired) electrons. The summed E-state index contributed by atoms with van der Waals surface area (Å²) in [5, 5.41) is 11.3. The van der Waals surface area contributed by atoms with Gasteiger partial charge in [0.15, 0.2) is 11.2 Å². The largest absolute Gasteiger partial charge is 0.363 e. The molecule has 158 valence electrons. The summed E-state index contributed by atoms with van der Waals surface area (Å²) < 4.78 is 4.25. The topological polar surface area (TPSA) is 111 Å². The van der Waals surface area contributed by atoms with Crippen LogP contribution in [-0.2, 0) is 20.6 Å². The van der Waals surface area contributed by atoms with Crippen LogP contribution in [0.25, 0.3) is 11.2 Å². The van der Waals surface area contributed by atoms with Crippen molar-refractivity contribution in [1.82, 2.24) is 23.6 Å². The van der Waals surface area contributed by atoms with Crippen LogP contribution < -0.4 is 16.1 Å². The van der Waals surface area contributed by atoms with Gasteiger partial charge in [0.2, 0.25) is 0 Å². The number of nitro groups is 1. The monoisotopic (exact) mass is 413 g/mol. The summed E-state index contributed by atoms with van der Waals surface area (Å²) in [4.78, 5) is 44.1. The molecule has 0 saturated carbocycles. The molecule has 0 spiro atoms. The summed E-state index contributed by atoms with van der Waals surface area (Å²) in [5.41, 5.74) is 0.808. The van der Waals surface area contributed by atoms with Gasteiger partial charge in [-0.25, -0.2) is 9.78 Å². The third-order valence-corrected chi connectivity index (χ3v) is 5.67. The van der Waals surface area contributed by atoms with Crippen LogP contribution in [0.1, 0.15) is 0 Å². The summed E-state index contributed by atoms with van der Waals surface area (Å²) >= 11 is 0. The number of aryl methyl sites for hydroxylation is 1. The van der Waals surface area contributed by atoms with Crippen molar-refractivity contribution in [2.45, 2.75) is 6.54 Å². The lowest BCUT2D eigenvalue weighted by atomic mass is 10.2. The van der Waals surface area contributed by atoms with Crippen LogP contribution >= 0.6 is 0 Å². The van der Waals surface area contributed by atoms with Crippen LogP contribution in [0.4, 0.5) is 11.4 Å². The number of para-hydroxylation sites is 2. The minimum absolute atomic E-state index is 0.122. The van der Waals surface area contributed by atoms with Gasteiger partial charge >= 0.3 is 5.69 Å². The lowest BCUT2D eigenvalue weighted by molar-refractivity contribution is -0.384. The Morgan fingerprint density at radius 2 is 1.73 bits per heavy atom. The van der Waals surface area contributed by atoms with Crippen molar-refractivity contribution in [3.63, 3.8) is 0 Å². The number of rotatable bonds is 5. The molecule has 11 nitrogen and oxygen atoms in total. The standard InChI is InChI=1S/C19H23N7O4/c1-21-17-16(18(27)22(2)19(21)28)25(13-20-17)12-9-23-7-10-24(11-8-23)14-5-3-4-6-15(14)26(29)30/h3-6,13H,7-12H2,1-2H3. The van der Waals surface area contributed by atoms with Gasteiger partial charge in [0.05, 0.1) is 11.3 Å². The Hall–Kier alpha value is -3.47. The van der Waals surface area contributed by atoms with Gasteiger partial charge in [-0.15, -0.1) is 0 Å². The predicted molar refractivity (Wildman–Crippen MR) is 112 cm³/mol. The molecule has 11 heteroatoms. The van der Waals surface area contributed by atoms with E-state index in [-0.39, 0.29) is 16.2 Å². The molecule has 3 aromatic rings. The quantitative estimate of drug-likeness (QED) is 0.433. The third-order valence-electron chi connectivity index (χ3n) is 5.67. The Labute approximate surface area is 171 Å². The van der Waals surface area contributed by atoms with E-state index in [1.54, 1.807) is 30.1 Å². The third kappa shape index (κ3) is 3.36. The minimum atomic E-state index is -0.399. The van der Waals surface area contributed by atoms with E-state index < -0.39 is 5.69 Å². The molecule has 3 heterocycles. The number of anilines is 1. The van der Waals surface area contributed by atoms with Crippen molar-refractivity contribution in [1.29, 1.82) is 0 Å². The number of hydrogen-bond acceptors (Lipinski definition) is 7. The number of nitro benzene ring substituents is 1. The molecular formula is C19H23N7O4. The number of aromatic nitrogens is 4. The second-order valence-corrected chi connectivity index (χ2v) is 7.39. The number of fused-ring (bicyclic) bond motifs is 1. The van der Waals surface area contributed by atoms with Crippen molar-refractivity contribution >= 4 is 22.5 Å². The van der Waals surface area contributed by atoms with Gasteiger partial charge in [-0.1, -0.05) is 12.1 Å². The predicted octanol–water partition coefficient (Wildman–Crippen LogP) is 0.164. The fourth-order valence-electron chi connectivity index (χ4n) is 3.91. The Kier molecular flexibility index (Phi) is 5.12. The maximum absolute atomic E-state index is 12.5. The maximum atomic E-state index is 12.5. The van der Waals surface area contributed by atoms with E-state index in [9.17, 15) is 19.7 Å². The van der Waals surface area contributed by atoms with E-state index in [1.807, 2.05) is 11.0 Å². The zero-order chi connectivity index (χ0) is 21.4. The number of nitrogens with zero attached hydrogens (tertiary/aromatic N) is 7. The van der Waals surface area contributed by atoms with Crippen LogP contribution in [0.2, 0.25) is 0 Å². The molecule has 1 aliphatic heterocycles. The number of benzene rings is 1. The Morgan fingerprint density at radius 1 is 1.03 bits per heavy atom. The molecule has 0 N–H and O–H groups in total. The van der Waals surface area contributed by atoms with Gasteiger partial charge < -0.3 is 9.47 Å². The van der Waals surface area contributed by atoms with Crippen LogP contribution in [0.15, 0.2) is 40.2 Å². The van der Waals surface area contributed by atoms with Gasteiger partial charge in [-0.2, -0.15) is 0 Å². The van der Waals surface area contributed by atoms with E-state index in [0.717, 1.165) is 17.7 Å². The Morgan fingerprint density at radius 3 is 2.43 bits per heavy atom. The van der Waals surface area contributed by atoms with E-state index in [1.165, 1.54) is 17.7 Å². The first-order valence-corrected chi connectivity index (χ1v) is 9.70. The molecule has 1 saturated heterocycles. The second kappa shape index (κ2) is 7.75. The first kappa shape index (κ1) is 19.8. The molecular weight excluding hydrogens is 390 g/mol. The summed E-state index contributed by atoms with van der Waals surface area (Å²) in [6, 6.07) is 6.80. The summed E-state index contributed by atoms with van der Waals surface area (Å²) in [6.45, 7) is 4.17. The highest BCUT2D eigenvalue weighted by atomic mass is 16.6. The molecule has 2 aromatic heterocycles. The average molecular weight is 413 g/mol. The van der Waals surface area contributed by atoms with Crippen LogP contribution in [-0.4, -0.2) is 61.2 Å². The van der Waals surface area contributed by atoms with E-state index in [2.05, 4.69) is 9.88 Å². The smallest absolute Gasteiger partial charge is 0.332 e. The molecule has 1 fully saturated rings. The number of piperazine rings is 1. The van der Waals surface area contributed by atoms with Gasteiger partial charge in [0.1, 0.15) is 5.69 Å². The van der Waals surface area contributed by atoms with Gasteiger partial charge in [0.25, 0.3) is 11.2 Å². The highest BCUT2D eigenvalue weighted by Crippen LogP contribution is 2.28. The molecule has 1 aliphatic rings. The molecule has 0 aliphatic carbocycles. The van der Waals surface area contributed by atoms with Crippen molar-refractivity contribution in [2.75, 3.05) is 37.6 Å². The molecule has 4 rings (SSSR count). The highest BCUT2D eigenvalue weighted by molar-refractivity contribution is 5.70. The number of imidazole rings is 1. The number of hydrogen-bond donors (Lipinski definition) is 0. The zero-order valence-electron chi connectivity index (χ0n) is 16.9. The van der Waals surface area contributed by atoms with E-state index in [0.29, 0.717) is 43.0 Å². The summed E-state index contributed by atoms with van der Waals surface area (Å²) in [6.07, 6.45) is 1.59. The van der Waals surface area contributed by atoms with E-state index >= 15 is 0 Å². The second-order valence-electron chi connectivity index (χ2n) is 7.39. The molecule has 30 heavy (non-hydrogen) atoms. The van der Waals surface area contributed by atoms with Crippen LogP contribution in [0.3, 0.4) is 0 Å². The zero-order valence-corrected chi connectivity index (χ0v) is 16.9. The van der Waals surface area contributed by atoms with Crippen molar-refractivity contribution in [3.05, 3.63) is 61.5 Å². The Bertz CT molecular complexity index is 1220. The first-order chi connectivity index (χ1) is 14.4. The normalized spacial score (nSPS) is 15.1. The lowest BCUT2D eigenvalue weighted by Gasteiger charge is -2.35. The van der Waals surface area contributed by atoms with Crippen molar-refractivity contribution in [2.24, 2.45) is 14.1 Å². The average Bonchev–Trinajstić information content (AvgIpc) is 3.19. The van der Waals surface area contributed by atoms with Gasteiger partial charge in [-0.3, -0.25) is 28.9 Å². The lowest BCUT2D eigenvalue weighted by Crippen LogP contribution is -2.47. The van der Waals surface area contributed by atoms with Crippen LogP contribution in [0, 0.1) is 10.1 Å². The highest BCUT2D eigenvalue weighted by Gasteiger charge is 2.23. The van der Waals surface area contributed by atoms with Gasteiger partial charge in [-0.05, 0) is 6.07 Å². The maximum Gasteiger partial charge on any atom is 0.332 e. The first-order valence-electron chi connectivity index (χ1n) is 9.70. The molecule has 0 atom stereocenters. The fourth-order valence-corrected chi connectivity index (χ4v) is 3.91. The van der Waals surface area contributed by atoms with E-state index in [4.69, 9.17) is 0 Å². The van der Waals surface area contributed by atoms with Crippen molar-refractivity contribution in [3.8, 4) is 0 Å². The molecule has 0 bridgehead atoms. The molecule has 0 amide bonds. The fraction of sp³-hybridized carbons (Fsp3) is 0.421. The summed E-state index contributed by atoms with van der Waals surface area (Å²) in [5.74, 6) is 0. The Balaban J connectivity index is 1.45. The molecule has 0 unspecified atom stereocenters. The SMILES string of the molecule is Cn1c(=O)c2c(ncn2CCN2CCN(c3ccccc3[N+](=O)[O-])CC2)n(C)c1=O. The van der Waals surface area contributed by atoms with Crippen molar-refractivity contribution < 1.29 is 4.92 Å². The van der Waals surface area contributed by atoms with Gasteiger partial charge in [0, 0.05) is 59.4 Å². The summed E-state index contributed by atoms with van der Waals surface area (Å²) in [7, 11) is 3.06.